The second kappa shape index (κ2) is 8.32. The number of anilines is 1. The van der Waals surface area contributed by atoms with Gasteiger partial charge in [0.25, 0.3) is 0 Å². The molecule has 0 aliphatic carbocycles. The van der Waals surface area contributed by atoms with Crippen molar-refractivity contribution in [3.8, 4) is 11.3 Å². The number of fused-ring (bicyclic) bond motifs is 1. The van der Waals surface area contributed by atoms with Crippen LogP contribution in [0.15, 0.2) is 54.7 Å². The molecule has 0 radical (unpaired) electrons. The first kappa shape index (κ1) is 19.5. The SMILES string of the molecule is CN(C)[C@H]1CCN(C[C@H]2CCN(c3nccc(-c4ccc5ccccc5c4)n3)C2)C1. The van der Waals surface area contributed by atoms with E-state index >= 15 is 0 Å². The molecule has 0 amide bonds. The summed E-state index contributed by atoms with van der Waals surface area (Å²) in [6.45, 7) is 5.75. The minimum Gasteiger partial charge on any atom is -0.340 e. The second-order valence-electron chi connectivity index (χ2n) is 9.07. The summed E-state index contributed by atoms with van der Waals surface area (Å²) >= 11 is 0. The van der Waals surface area contributed by atoms with E-state index in [1.807, 2.05) is 12.3 Å². The first-order valence-corrected chi connectivity index (χ1v) is 11.1. The maximum Gasteiger partial charge on any atom is 0.225 e. The zero-order valence-corrected chi connectivity index (χ0v) is 18.0. The minimum atomic E-state index is 0.707. The smallest absolute Gasteiger partial charge is 0.225 e. The van der Waals surface area contributed by atoms with Crippen LogP contribution < -0.4 is 4.90 Å². The molecule has 2 aromatic carbocycles. The summed E-state index contributed by atoms with van der Waals surface area (Å²) in [7, 11) is 4.40. The van der Waals surface area contributed by atoms with Gasteiger partial charge in [0, 0.05) is 44.0 Å². The highest BCUT2D eigenvalue weighted by Crippen LogP contribution is 2.27. The normalized spacial score (nSPS) is 22.4. The molecule has 0 bridgehead atoms. The Morgan fingerprint density at radius 1 is 0.967 bits per heavy atom. The van der Waals surface area contributed by atoms with Crippen molar-refractivity contribution in [1.82, 2.24) is 19.8 Å². The summed E-state index contributed by atoms with van der Waals surface area (Å²) in [6.07, 6.45) is 4.43. The van der Waals surface area contributed by atoms with Crippen molar-refractivity contribution < 1.29 is 0 Å². The molecule has 156 valence electrons. The molecule has 2 aliphatic heterocycles. The second-order valence-corrected chi connectivity index (χ2v) is 9.07. The van der Waals surface area contributed by atoms with Gasteiger partial charge in [-0.1, -0.05) is 36.4 Å². The molecule has 1 aromatic heterocycles. The first-order chi connectivity index (χ1) is 14.7. The first-order valence-electron chi connectivity index (χ1n) is 11.1. The monoisotopic (exact) mass is 401 g/mol. The molecule has 3 heterocycles. The van der Waals surface area contributed by atoms with E-state index in [1.54, 1.807) is 0 Å². The van der Waals surface area contributed by atoms with Crippen molar-refractivity contribution in [1.29, 1.82) is 0 Å². The number of rotatable bonds is 5. The average molecular weight is 402 g/mol. The van der Waals surface area contributed by atoms with Gasteiger partial charge in [-0.25, -0.2) is 9.97 Å². The topological polar surface area (TPSA) is 35.5 Å². The van der Waals surface area contributed by atoms with Gasteiger partial charge in [0.1, 0.15) is 0 Å². The van der Waals surface area contributed by atoms with E-state index < -0.39 is 0 Å². The molecule has 30 heavy (non-hydrogen) atoms. The van der Waals surface area contributed by atoms with E-state index in [1.165, 1.54) is 43.2 Å². The molecule has 2 fully saturated rings. The van der Waals surface area contributed by atoms with Gasteiger partial charge in [-0.2, -0.15) is 0 Å². The number of likely N-dealkylation sites (tertiary alicyclic amines) is 1. The fraction of sp³-hybridized carbons (Fsp3) is 0.440. The molecular weight excluding hydrogens is 370 g/mol. The summed E-state index contributed by atoms with van der Waals surface area (Å²) in [5.74, 6) is 1.58. The van der Waals surface area contributed by atoms with E-state index in [4.69, 9.17) is 4.98 Å². The Kier molecular flexibility index (Phi) is 5.40. The standard InChI is InChI=1S/C25H31N5/c1-28(2)23-11-13-29(18-23)16-19-10-14-30(17-19)25-26-12-9-24(27-25)22-8-7-20-5-3-4-6-21(20)15-22/h3-9,12,15,19,23H,10-11,13-14,16-18H2,1-2H3/t19-,23+/m1/s1. The van der Waals surface area contributed by atoms with Crippen molar-refractivity contribution in [2.45, 2.75) is 18.9 Å². The van der Waals surface area contributed by atoms with Crippen LogP contribution in [0.5, 0.6) is 0 Å². The molecule has 5 heteroatoms. The quantitative estimate of drug-likeness (QED) is 0.651. The van der Waals surface area contributed by atoms with Gasteiger partial charge in [0.05, 0.1) is 5.69 Å². The molecule has 0 unspecified atom stereocenters. The van der Waals surface area contributed by atoms with Crippen molar-refractivity contribution in [2.75, 3.05) is 51.7 Å². The van der Waals surface area contributed by atoms with Gasteiger partial charge in [0.15, 0.2) is 0 Å². The number of hydrogen-bond acceptors (Lipinski definition) is 5. The van der Waals surface area contributed by atoms with Gasteiger partial charge >= 0.3 is 0 Å². The van der Waals surface area contributed by atoms with E-state index in [9.17, 15) is 0 Å². The fourth-order valence-electron chi connectivity index (χ4n) is 4.94. The number of likely N-dealkylation sites (N-methyl/N-ethyl adjacent to an activating group) is 1. The van der Waals surface area contributed by atoms with Crippen molar-refractivity contribution in [3.05, 3.63) is 54.7 Å². The molecule has 3 aromatic rings. The Balaban J connectivity index is 1.26. The van der Waals surface area contributed by atoms with E-state index in [0.29, 0.717) is 12.0 Å². The van der Waals surface area contributed by atoms with Gasteiger partial charge < -0.3 is 14.7 Å². The summed E-state index contributed by atoms with van der Waals surface area (Å²) < 4.78 is 0. The largest absolute Gasteiger partial charge is 0.340 e. The third-order valence-electron chi connectivity index (χ3n) is 6.75. The van der Waals surface area contributed by atoms with Crippen molar-refractivity contribution in [2.24, 2.45) is 5.92 Å². The highest BCUT2D eigenvalue weighted by atomic mass is 15.3. The van der Waals surface area contributed by atoms with E-state index in [0.717, 1.165) is 30.3 Å². The maximum absolute atomic E-state index is 4.93. The van der Waals surface area contributed by atoms with Crippen LogP contribution in [0.4, 0.5) is 5.95 Å². The Morgan fingerprint density at radius 2 is 1.83 bits per heavy atom. The molecule has 5 nitrogen and oxygen atoms in total. The third-order valence-corrected chi connectivity index (χ3v) is 6.75. The summed E-state index contributed by atoms with van der Waals surface area (Å²) in [5, 5.41) is 2.51. The van der Waals surface area contributed by atoms with Crippen LogP contribution in [0.25, 0.3) is 22.0 Å². The molecule has 5 rings (SSSR count). The lowest BCUT2D eigenvalue weighted by atomic mass is 10.1. The van der Waals surface area contributed by atoms with Crippen LogP contribution in [0.3, 0.4) is 0 Å². The van der Waals surface area contributed by atoms with Crippen LogP contribution in [0.2, 0.25) is 0 Å². The molecule has 2 saturated heterocycles. The lowest BCUT2D eigenvalue weighted by Gasteiger charge is -2.23. The predicted octanol–water partition coefficient (Wildman–Crippen LogP) is 3.76. The number of aromatic nitrogens is 2. The third kappa shape index (κ3) is 4.05. The van der Waals surface area contributed by atoms with Gasteiger partial charge in [0.2, 0.25) is 5.95 Å². The zero-order chi connectivity index (χ0) is 20.5. The Morgan fingerprint density at radius 3 is 2.67 bits per heavy atom. The van der Waals surface area contributed by atoms with Crippen LogP contribution >= 0.6 is 0 Å². The van der Waals surface area contributed by atoms with E-state index in [2.05, 4.69) is 76.2 Å². The summed E-state index contributed by atoms with van der Waals surface area (Å²) in [4.78, 5) is 16.9. The predicted molar refractivity (Wildman–Crippen MR) is 124 cm³/mol. The molecule has 2 aliphatic rings. The highest BCUT2D eigenvalue weighted by Gasteiger charge is 2.30. The minimum absolute atomic E-state index is 0.707. The molecule has 0 saturated carbocycles. The molecular formula is C25H31N5. The fourth-order valence-corrected chi connectivity index (χ4v) is 4.94. The van der Waals surface area contributed by atoms with Crippen LogP contribution in [-0.4, -0.2) is 72.6 Å². The average Bonchev–Trinajstić information content (AvgIpc) is 3.44. The number of hydrogen-bond donors (Lipinski definition) is 0. The van der Waals surface area contributed by atoms with E-state index in [-0.39, 0.29) is 0 Å². The Hall–Kier alpha value is -2.50. The lowest BCUT2D eigenvalue weighted by Crippen LogP contribution is -2.34. The van der Waals surface area contributed by atoms with Crippen LogP contribution in [-0.2, 0) is 0 Å². The maximum atomic E-state index is 4.93. The zero-order valence-electron chi connectivity index (χ0n) is 18.0. The van der Waals surface area contributed by atoms with Gasteiger partial charge in [-0.3, -0.25) is 0 Å². The van der Waals surface area contributed by atoms with Crippen molar-refractivity contribution >= 4 is 16.7 Å². The lowest BCUT2D eigenvalue weighted by molar-refractivity contribution is 0.247. The number of benzene rings is 2. The Labute approximate surface area is 179 Å². The van der Waals surface area contributed by atoms with Crippen LogP contribution in [0.1, 0.15) is 12.8 Å². The summed E-state index contributed by atoms with van der Waals surface area (Å²) in [6, 6.07) is 17.8. The number of nitrogens with zero attached hydrogens (tertiary/aromatic N) is 5. The molecule has 2 atom stereocenters. The van der Waals surface area contributed by atoms with Crippen molar-refractivity contribution in [3.63, 3.8) is 0 Å². The highest BCUT2D eigenvalue weighted by molar-refractivity contribution is 5.86. The van der Waals surface area contributed by atoms with Gasteiger partial charge in [-0.05, 0) is 62.3 Å². The Bertz CT molecular complexity index is 1020. The summed E-state index contributed by atoms with van der Waals surface area (Å²) in [5.41, 5.74) is 2.16. The molecule has 0 N–H and O–H groups in total. The van der Waals surface area contributed by atoms with Crippen LogP contribution in [0, 0.1) is 5.92 Å². The van der Waals surface area contributed by atoms with Gasteiger partial charge in [-0.15, -0.1) is 0 Å². The molecule has 0 spiro atoms.